The van der Waals surface area contributed by atoms with Crippen molar-refractivity contribution in [2.24, 2.45) is 28.6 Å². The van der Waals surface area contributed by atoms with Crippen molar-refractivity contribution in [1.82, 2.24) is 0 Å². The lowest BCUT2D eigenvalue weighted by atomic mass is 9.44. The predicted molar refractivity (Wildman–Crippen MR) is 125 cm³/mol. The quantitative estimate of drug-likeness (QED) is 0.527. The van der Waals surface area contributed by atoms with Crippen molar-refractivity contribution in [2.75, 3.05) is 0 Å². The Morgan fingerprint density at radius 1 is 1.22 bits per heavy atom. The summed E-state index contributed by atoms with van der Waals surface area (Å²) in [5, 5.41) is 21.9. The SMILES string of the molecule is CCC(C)(C)OC(=O)O[C@]1(C(=O)O)[C@H](C)C[C@H]2[C@@H]3C[C@H](F)C4=CC(=O)C=C[C@]4(C)[C@@]3(F)[C@@H](O)C[C@@]21C. The van der Waals surface area contributed by atoms with Crippen molar-refractivity contribution < 1.29 is 42.9 Å². The first-order valence-corrected chi connectivity index (χ1v) is 12.6. The Bertz CT molecular complexity index is 1050. The largest absolute Gasteiger partial charge is 0.509 e. The van der Waals surface area contributed by atoms with Gasteiger partial charge in [0.05, 0.1) is 6.10 Å². The zero-order chi connectivity index (χ0) is 27.1. The summed E-state index contributed by atoms with van der Waals surface area (Å²) in [4.78, 5) is 37.7. The number of hydrogen-bond donors (Lipinski definition) is 2. The summed E-state index contributed by atoms with van der Waals surface area (Å²) < 4.78 is 43.9. The zero-order valence-corrected chi connectivity index (χ0v) is 21.6. The number of aliphatic hydroxyl groups excluding tert-OH is 1. The standard InChI is InChI=1S/C27H36F2O7/c1-7-23(3,4)35-22(34)36-27(21(32)33)14(2)10-16-17-12-19(28)18-11-15(30)8-9-24(18,5)26(17,29)20(31)13-25(16,27)6/h8-9,11,14,16-17,19-20,31H,7,10,12-13H2,1-6H3,(H,32,33)/t14-,16+,17+,19+,20+,24+,25+,26+,27+/m1/s1. The fourth-order valence-electron chi connectivity index (χ4n) is 7.69. The third-order valence-electron chi connectivity index (χ3n) is 9.94. The number of aliphatic hydroxyl groups is 1. The normalized spacial score (nSPS) is 45.8. The van der Waals surface area contributed by atoms with E-state index in [4.69, 9.17) is 9.47 Å². The second kappa shape index (κ2) is 8.10. The number of carboxylic acid groups (broad SMARTS) is 1. The number of fused-ring (bicyclic) bond motifs is 5. The Morgan fingerprint density at radius 2 is 1.86 bits per heavy atom. The number of allylic oxidation sites excluding steroid dienone is 4. The van der Waals surface area contributed by atoms with Gasteiger partial charge in [-0.1, -0.05) is 26.8 Å². The minimum atomic E-state index is -2.35. The minimum absolute atomic E-state index is 0.00595. The van der Waals surface area contributed by atoms with Gasteiger partial charge in [-0.05, 0) is 70.1 Å². The molecular weight excluding hydrogens is 474 g/mol. The van der Waals surface area contributed by atoms with Gasteiger partial charge in [0, 0.05) is 22.7 Å². The van der Waals surface area contributed by atoms with E-state index in [1.807, 2.05) is 0 Å². The molecular formula is C27H36F2O7. The van der Waals surface area contributed by atoms with Crippen LogP contribution in [0.3, 0.4) is 0 Å². The van der Waals surface area contributed by atoms with Gasteiger partial charge >= 0.3 is 12.1 Å². The molecule has 4 aliphatic carbocycles. The number of carbonyl (C=O) groups excluding carboxylic acids is 2. The number of aliphatic carboxylic acids is 1. The minimum Gasteiger partial charge on any atom is -0.478 e. The Balaban J connectivity index is 1.80. The fourth-order valence-corrected chi connectivity index (χ4v) is 7.69. The van der Waals surface area contributed by atoms with Crippen LogP contribution in [0.1, 0.15) is 67.2 Å². The average Bonchev–Trinajstić information content (AvgIpc) is 2.99. The molecule has 0 bridgehead atoms. The smallest absolute Gasteiger partial charge is 0.478 e. The fraction of sp³-hybridized carbons (Fsp3) is 0.741. The van der Waals surface area contributed by atoms with E-state index < -0.39 is 75.6 Å². The van der Waals surface area contributed by atoms with Crippen molar-refractivity contribution in [3.63, 3.8) is 0 Å². The lowest BCUT2D eigenvalue weighted by Crippen LogP contribution is -2.71. The van der Waals surface area contributed by atoms with E-state index in [1.54, 1.807) is 34.6 Å². The van der Waals surface area contributed by atoms with Crippen molar-refractivity contribution in [1.29, 1.82) is 0 Å². The van der Waals surface area contributed by atoms with E-state index in [-0.39, 0.29) is 24.8 Å². The van der Waals surface area contributed by atoms with Crippen LogP contribution in [-0.2, 0) is 19.1 Å². The van der Waals surface area contributed by atoms with E-state index in [9.17, 15) is 24.6 Å². The molecule has 0 unspecified atom stereocenters. The van der Waals surface area contributed by atoms with Crippen LogP contribution in [0.5, 0.6) is 0 Å². The average molecular weight is 511 g/mol. The molecule has 9 atom stereocenters. The number of ether oxygens (including phenoxy) is 2. The first kappa shape index (κ1) is 26.8. The molecule has 0 aromatic heterocycles. The molecule has 0 aliphatic heterocycles. The topological polar surface area (TPSA) is 110 Å². The Hall–Kier alpha value is -2.29. The highest BCUT2D eigenvalue weighted by Crippen LogP contribution is 2.71. The molecule has 36 heavy (non-hydrogen) atoms. The van der Waals surface area contributed by atoms with Crippen molar-refractivity contribution in [3.8, 4) is 0 Å². The third-order valence-corrected chi connectivity index (χ3v) is 9.94. The van der Waals surface area contributed by atoms with Crippen molar-refractivity contribution in [2.45, 2.75) is 96.4 Å². The summed E-state index contributed by atoms with van der Waals surface area (Å²) in [6, 6.07) is 0. The van der Waals surface area contributed by atoms with E-state index in [0.29, 0.717) is 6.42 Å². The van der Waals surface area contributed by atoms with E-state index in [0.717, 1.165) is 6.08 Å². The van der Waals surface area contributed by atoms with Crippen molar-refractivity contribution >= 4 is 17.9 Å². The van der Waals surface area contributed by atoms with Gasteiger partial charge in [-0.3, -0.25) is 4.79 Å². The zero-order valence-electron chi connectivity index (χ0n) is 21.6. The molecule has 0 aromatic rings. The van der Waals surface area contributed by atoms with Crippen LogP contribution in [-0.4, -0.2) is 57.3 Å². The summed E-state index contributed by atoms with van der Waals surface area (Å²) in [6.45, 7) is 9.83. The van der Waals surface area contributed by atoms with Gasteiger partial charge in [-0.2, -0.15) is 0 Å². The first-order valence-electron chi connectivity index (χ1n) is 12.6. The van der Waals surface area contributed by atoms with Gasteiger partial charge in [0.1, 0.15) is 11.8 Å². The van der Waals surface area contributed by atoms with Crippen LogP contribution in [0.15, 0.2) is 23.8 Å². The Labute approximate surface area is 209 Å². The second-order valence-corrected chi connectivity index (χ2v) is 12.1. The Morgan fingerprint density at radius 3 is 2.44 bits per heavy atom. The van der Waals surface area contributed by atoms with Gasteiger partial charge < -0.3 is 19.7 Å². The van der Waals surface area contributed by atoms with Gasteiger partial charge in [0.25, 0.3) is 0 Å². The predicted octanol–water partition coefficient (Wildman–Crippen LogP) is 4.72. The molecule has 0 aromatic carbocycles. The molecule has 0 saturated heterocycles. The molecule has 3 fully saturated rings. The third kappa shape index (κ3) is 3.26. The van der Waals surface area contributed by atoms with E-state index >= 15 is 8.78 Å². The van der Waals surface area contributed by atoms with Crippen molar-refractivity contribution in [3.05, 3.63) is 23.8 Å². The van der Waals surface area contributed by atoms with Gasteiger partial charge in [-0.15, -0.1) is 0 Å². The lowest BCUT2D eigenvalue weighted by Gasteiger charge is -2.62. The molecule has 7 nitrogen and oxygen atoms in total. The first-order chi connectivity index (χ1) is 16.5. The van der Waals surface area contributed by atoms with E-state index in [1.165, 1.54) is 19.1 Å². The molecule has 0 radical (unpaired) electrons. The lowest BCUT2D eigenvalue weighted by molar-refractivity contribution is -0.233. The summed E-state index contributed by atoms with van der Waals surface area (Å²) in [5.74, 6) is -4.40. The number of hydrogen-bond acceptors (Lipinski definition) is 6. The van der Waals surface area contributed by atoms with Gasteiger partial charge in [0.15, 0.2) is 11.5 Å². The van der Waals surface area contributed by atoms with Crippen LogP contribution in [0.4, 0.5) is 13.6 Å². The molecule has 4 aliphatic rings. The molecule has 9 heteroatoms. The Kier molecular flexibility index (Phi) is 6.02. The maximum Gasteiger partial charge on any atom is 0.509 e. The van der Waals surface area contributed by atoms with Crippen LogP contribution in [0.25, 0.3) is 0 Å². The van der Waals surface area contributed by atoms with Crippen LogP contribution in [0, 0.1) is 28.6 Å². The highest BCUT2D eigenvalue weighted by molar-refractivity contribution is 6.01. The maximum absolute atomic E-state index is 17.3. The second-order valence-electron chi connectivity index (χ2n) is 12.1. The monoisotopic (exact) mass is 510 g/mol. The highest BCUT2D eigenvalue weighted by Gasteiger charge is 2.78. The van der Waals surface area contributed by atoms with Gasteiger partial charge in [0.2, 0.25) is 5.60 Å². The molecule has 0 amide bonds. The summed E-state index contributed by atoms with van der Waals surface area (Å²) in [5.41, 5.74) is -8.34. The number of carboxylic acids is 1. The number of alkyl halides is 2. The summed E-state index contributed by atoms with van der Waals surface area (Å²) in [7, 11) is 0. The number of ketones is 1. The molecule has 0 spiro atoms. The van der Waals surface area contributed by atoms with Crippen LogP contribution >= 0.6 is 0 Å². The van der Waals surface area contributed by atoms with Crippen LogP contribution in [0.2, 0.25) is 0 Å². The number of rotatable bonds is 4. The maximum atomic E-state index is 17.3. The van der Waals surface area contributed by atoms with Gasteiger partial charge in [-0.25, -0.2) is 18.4 Å². The molecule has 0 heterocycles. The summed E-state index contributed by atoms with van der Waals surface area (Å²) >= 11 is 0. The highest BCUT2D eigenvalue weighted by atomic mass is 19.1. The molecule has 200 valence electrons. The summed E-state index contributed by atoms with van der Waals surface area (Å²) in [6.07, 6.45) is -0.881. The molecule has 3 saturated carbocycles. The molecule has 4 rings (SSSR count). The number of carbonyl (C=O) groups is 3. The van der Waals surface area contributed by atoms with Crippen LogP contribution < -0.4 is 0 Å². The molecule has 2 N–H and O–H groups in total. The number of halogens is 2. The van der Waals surface area contributed by atoms with E-state index in [2.05, 4.69) is 0 Å².